The second-order valence-electron chi connectivity index (χ2n) is 3.03. The standard InChI is InChI=1S/C9H15N3O4/c1-3-16-9(14)5-12-7(6-13)4-8(10-12)11-15-2/h4,13H,3,5-6H2,1-2H3,(H,10,11)/p+1. The fourth-order valence-electron chi connectivity index (χ4n) is 1.25. The summed E-state index contributed by atoms with van der Waals surface area (Å²) < 4.78 is 6.18. The Labute approximate surface area is 92.9 Å². The first-order chi connectivity index (χ1) is 7.71. The van der Waals surface area contributed by atoms with Gasteiger partial charge in [-0.25, -0.2) is 4.84 Å². The van der Waals surface area contributed by atoms with Crippen LogP contribution in [0.15, 0.2) is 6.07 Å². The molecular weight excluding hydrogens is 214 g/mol. The number of carbonyl (C=O) groups excluding carboxylic acids is 1. The van der Waals surface area contributed by atoms with Crippen molar-refractivity contribution >= 4 is 11.8 Å². The summed E-state index contributed by atoms with van der Waals surface area (Å²) in [6.45, 7) is 1.86. The van der Waals surface area contributed by atoms with Crippen LogP contribution >= 0.6 is 0 Å². The van der Waals surface area contributed by atoms with E-state index in [1.807, 2.05) is 0 Å². The molecule has 3 N–H and O–H groups in total. The van der Waals surface area contributed by atoms with Gasteiger partial charge in [-0.2, -0.15) is 5.48 Å². The van der Waals surface area contributed by atoms with Gasteiger partial charge in [0.05, 0.1) is 26.0 Å². The molecule has 0 spiro atoms. The Morgan fingerprint density at radius 1 is 1.69 bits per heavy atom. The van der Waals surface area contributed by atoms with Crippen molar-refractivity contribution in [1.29, 1.82) is 0 Å². The Morgan fingerprint density at radius 2 is 2.44 bits per heavy atom. The van der Waals surface area contributed by atoms with Crippen LogP contribution in [0.5, 0.6) is 0 Å². The molecular formula is C9H16N3O4+. The predicted molar refractivity (Wildman–Crippen MR) is 53.4 cm³/mol. The van der Waals surface area contributed by atoms with E-state index in [-0.39, 0.29) is 19.1 Å². The Bertz CT molecular complexity index is 351. The van der Waals surface area contributed by atoms with Crippen LogP contribution in [0.25, 0.3) is 0 Å². The number of nitrogens with zero attached hydrogens (tertiary/aromatic N) is 2. The molecule has 1 heterocycles. The van der Waals surface area contributed by atoms with Crippen LogP contribution in [0.2, 0.25) is 0 Å². The minimum atomic E-state index is -0.385. The van der Waals surface area contributed by atoms with Gasteiger partial charge in [0.1, 0.15) is 6.54 Å². The van der Waals surface area contributed by atoms with Gasteiger partial charge in [0.2, 0.25) is 0 Å². The summed E-state index contributed by atoms with van der Waals surface area (Å²) >= 11 is 0. The van der Waals surface area contributed by atoms with E-state index in [4.69, 9.17) is 14.7 Å². The Hall–Kier alpha value is -1.44. The summed E-state index contributed by atoms with van der Waals surface area (Å²) in [6, 6.07) is 1.64. The average molecular weight is 230 g/mol. The van der Waals surface area contributed by atoms with Crippen LogP contribution < -0.4 is 5.48 Å². The maximum absolute atomic E-state index is 11.2. The maximum Gasteiger partial charge on any atom is 0.327 e. The van der Waals surface area contributed by atoms with E-state index in [9.17, 15) is 4.79 Å². The molecule has 7 nitrogen and oxygen atoms in total. The zero-order valence-electron chi connectivity index (χ0n) is 9.34. The van der Waals surface area contributed by atoms with Gasteiger partial charge < -0.3 is 9.84 Å². The van der Waals surface area contributed by atoms with Crippen molar-refractivity contribution in [2.45, 2.75) is 20.1 Å². The van der Waals surface area contributed by atoms with E-state index < -0.39 is 0 Å². The smallest absolute Gasteiger partial charge is 0.327 e. The first-order valence-corrected chi connectivity index (χ1v) is 4.90. The van der Waals surface area contributed by atoms with Crippen molar-refractivity contribution in [3.05, 3.63) is 11.8 Å². The summed E-state index contributed by atoms with van der Waals surface area (Å²) in [6.07, 6.45) is 0. The highest BCUT2D eigenvalue weighted by atomic mass is 16.6. The Balaban J connectivity index is 2.73. The number of aliphatic hydroxyl groups is 1. The molecule has 0 fully saturated rings. The molecule has 0 aromatic carbocycles. The molecule has 0 atom stereocenters. The zero-order chi connectivity index (χ0) is 12.0. The highest BCUT2D eigenvalue weighted by Gasteiger charge is 2.13. The Kier molecular flexibility index (Phi) is 4.90. The second kappa shape index (κ2) is 6.21. The molecule has 1 rings (SSSR count). The quantitative estimate of drug-likeness (QED) is 0.468. The van der Waals surface area contributed by atoms with Gasteiger partial charge in [-0.15, -0.1) is 5.10 Å². The molecule has 0 aliphatic rings. The number of ether oxygens (including phenoxy) is 1. The van der Waals surface area contributed by atoms with Crippen molar-refractivity contribution < 1.29 is 25.0 Å². The fourth-order valence-corrected chi connectivity index (χ4v) is 1.25. The predicted octanol–water partition coefficient (Wildman–Crippen LogP) is -1.31. The molecule has 1 aromatic heterocycles. The van der Waals surface area contributed by atoms with E-state index in [0.29, 0.717) is 18.1 Å². The van der Waals surface area contributed by atoms with Crippen LogP contribution in [-0.2, 0) is 27.5 Å². The highest BCUT2D eigenvalue weighted by molar-refractivity contribution is 5.69. The van der Waals surface area contributed by atoms with E-state index >= 15 is 0 Å². The van der Waals surface area contributed by atoms with E-state index in [0.717, 1.165) is 0 Å². The Morgan fingerprint density at radius 3 is 3.00 bits per heavy atom. The molecule has 0 aliphatic carbocycles. The number of nitrogens with two attached hydrogens (primary N) is 1. The molecule has 0 saturated carbocycles. The minimum Gasteiger partial charge on any atom is -0.465 e. The largest absolute Gasteiger partial charge is 0.465 e. The summed E-state index contributed by atoms with van der Waals surface area (Å²) in [5.41, 5.74) is 1.97. The molecule has 0 saturated heterocycles. The van der Waals surface area contributed by atoms with E-state index in [1.165, 1.54) is 17.3 Å². The number of aromatic nitrogens is 2. The van der Waals surface area contributed by atoms with Gasteiger partial charge in [-0.05, 0) is 6.92 Å². The third kappa shape index (κ3) is 3.30. The summed E-state index contributed by atoms with van der Waals surface area (Å²) in [4.78, 5) is 16.0. The highest BCUT2D eigenvalue weighted by Crippen LogP contribution is 2.05. The van der Waals surface area contributed by atoms with Gasteiger partial charge in [0.15, 0.2) is 0 Å². The summed E-state index contributed by atoms with van der Waals surface area (Å²) in [5, 5.41) is 13.1. The molecule has 0 unspecified atom stereocenters. The third-order valence-electron chi connectivity index (χ3n) is 1.87. The van der Waals surface area contributed by atoms with Crippen molar-refractivity contribution in [1.82, 2.24) is 9.78 Å². The molecule has 1 aromatic rings. The second-order valence-corrected chi connectivity index (χ2v) is 3.03. The van der Waals surface area contributed by atoms with Crippen molar-refractivity contribution in [3.63, 3.8) is 0 Å². The fraction of sp³-hybridized carbons (Fsp3) is 0.556. The minimum absolute atomic E-state index is 0.0126. The van der Waals surface area contributed by atoms with E-state index in [1.54, 1.807) is 13.0 Å². The van der Waals surface area contributed by atoms with Gasteiger partial charge >= 0.3 is 5.97 Å². The lowest BCUT2D eigenvalue weighted by Crippen LogP contribution is -2.76. The van der Waals surface area contributed by atoms with Gasteiger partial charge in [-0.3, -0.25) is 9.48 Å². The SMILES string of the molecule is CCOC(=O)Cn1nc([NH2+]OC)cc1CO. The van der Waals surface area contributed by atoms with Crippen molar-refractivity contribution in [3.8, 4) is 0 Å². The number of carbonyl (C=O) groups is 1. The van der Waals surface area contributed by atoms with Crippen LogP contribution in [0.3, 0.4) is 0 Å². The number of quaternary nitrogens is 1. The van der Waals surface area contributed by atoms with Gasteiger partial charge in [0.25, 0.3) is 5.82 Å². The monoisotopic (exact) mass is 230 g/mol. The average Bonchev–Trinajstić information content (AvgIpc) is 2.61. The lowest BCUT2D eigenvalue weighted by atomic mass is 10.4. The summed E-state index contributed by atoms with van der Waals surface area (Å²) in [7, 11) is 1.50. The maximum atomic E-state index is 11.2. The van der Waals surface area contributed by atoms with Crippen LogP contribution in [0, 0.1) is 0 Å². The van der Waals surface area contributed by atoms with Crippen molar-refractivity contribution in [2.24, 2.45) is 0 Å². The number of aliphatic hydroxyl groups excluding tert-OH is 1. The zero-order valence-corrected chi connectivity index (χ0v) is 9.34. The first kappa shape index (κ1) is 12.6. The number of hydrogen-bond donors (Lipinski definition) is 2. The van der Waals surface area contributed by atoms with Gasteiger partial charge in [0, 0.05) is 6.07 Å². The summed E-state index contributed by atoms with van der Waals surface area (Å²) in [5.74, 6) is 0.167. The number of esters is 1. The van der Waals surface area contributed by atoms with E-state index in [2.05, 4.69) is 5.10 Å². The third-order valence-corrected chi connectivity index (χ3v) is 1.87. The normalized spacial score (nSPS) is 10.4. The van der Waals surface area contributed by atoms with Crippen LogP contribution in [0.1, 0.15) is 12.6 Å². The first-order valence-electron chi connectivity index (χ1n) is 4.90. The molecule has 0 aliphatic heterocycles. The molecule has 90 valence electrons. The van der Waals surface area contributed by atoms with Crippen LogP contribution in [0.4, 0.5) is 5.82 Å². The molecule has 16 heavy (non-hydrogen) atoms. The molecule has 0 radical (unpaired) electrons. The topological polar surface area (TPSA) is 90.2 Å². The van der Waals surface area contributed by atoms with Gasteiger partial charge in [-0.1, -0.05) is 0 Å². The lowest BCUT2D eigenvalue weighted by Gasteiger charge is -2.03. The molecule has 0 bridgehead atoms. The molecule has 0 amide bonds. The van der Waals surface area contributed by atoms with Crippen molar-refractivity contribution in [2.75, 3.05) is 13.7 Å². The number of hydrogen-bond acceptors (Lipinski definition) is 5. The van der Waals surface area contributed by atoms with Crippen LogP contribution in [-0.4, -0.2) is 34.6 Å². The molecule has 7 heteroatoms. The lowest BCUT2D eigenvalue weighted by molar-refractivity contribution is -0.832. The number of rotatable bonds is 6.